The second kappa shape index (κ2) is 10.5. The van der Waals surface area contributed by atoms with Crippen LogP contribution in [0.25, 0.3) is 10.9 Å². The largest absolute Gasteiger partial charge is 0.299 e. The van der Waals surface area contributed by atoms with Crippen molar-refractivity contribution in [1.29, 1.82) is 0 Å². The van der Waals surface area contributed by atoms with E-state index in [1.165, 1.54) is 48.9 Å². The summed E-state index contributed by atoms with van der Waals surface area (Å²) in [6.45, 7) is 5.01. The van der Waals surface area contributed by atoms with Crippen LogP contribution < -0.4 is 10.9 Å². The van der Waals surface area contributed by atoms with Gasteiger partial charge >= 0.3 is 0 Å². The second-order valence-corrected chi connectivity index (χ2v) is 9.64. The van der Waals surface area contributed by atoms with Crippen molar-refractivity contribution in [2.24, 2.45) is 0 Å². The Kier molecular flexibility index (Phi) is 6.97. The van der Waals surface area contributed by atoms with Crippen molar-refractivity contribution < 1.29 is 9.59 Å². The monoisotopic (exact) mass is 482 g/mol. The topological polar surface area (TPSA) is 84.3 Å². The van der Waals surface area contributed by atoms with E-state index in [-0.39, 0.29) is 24.3 Å². The smallest absolute Gasteiger partial charge is 0.262 e. The van der Waals surface area contributed by atoms with Gasteiger partial charge in [0, 0.05) is 18.5 Å². The average Bonchev–Trinajstić information content (AvgIpc) is 3.14. The van der Waals surface area contributed by atoms with Gasteiger partial charge in [-0.15, -0.1) is 0 Å². The van der Waals surface area contributed by atoms with Crippen molar-refractivity contribution in [3.63, 3.8) is 0 Å². The maximum Gasteiger partial charge on any atom is 0.262 e. The first-order valence-electron chi connectivity index (χ1n) is 12.7. The van der Waals surface area contributed by atoms with E-state index >= 15 is 0 Å². The molecule has 7 heteroatoms. The number of nitrogens with one attached hydrogen (secondary N) is 1. The quantitative estimate of drug-likeness (QED) is 0.457. The lowest BCUT2D eigenvalue weighted by atomic mass is 10.0. The molecule has 2 amide bonds. The number of likely N-dealkylation sites (tertiary alicyclic amines) is 1. The lowest BCUT2D eigenvalue weighted by Gasteiger charge is -2.24. The summed E-state index contributed by atoms with van der Waals surface area (Å²) in [4.78, 5) is 44.4. The van der Waals surface area contributed by atoms with Gasteiger partial charge in [-0.25, -0.2) is 4.98 Å². The molecule has 36 heavy (non-hydrogen) atoms. The number of amides is 2. The first kappa shape index (κ1) is 24.0. The summed E-state index contributed by atoms with van der Waals surface area (Å²) in [5, 5.41) is 2.73. The number of hydrogen-bond donors (Lipinski definition) is 1. The third-order valence-electron chi connectivity index (χ3n) is 7.03. The molecule has 3 heterocycles. The molecule has 0 saturated carbocycles. The summed E-state index contributed by atoms with van der Waals surface area (Å²) in [6.07, 6.45) is 5.70. The number of fused-ring (bicyclic) bond motifs is 1. The van der Waals surface area contributed by atoms with Gasteiger partial charge in [-0.3, -0.25) is 29.2 Å². The Morgan fingerprint density at radius 2 is 1.72 bits per heavy atom. The second-order valence-electron chi connectivity index (χ2n) is 9.64. The molecule has 0 aliphatic carbocycles. The Morgan fingerprint density at radius 3 is 2.44 bits per heavy atom. The van der Waals surface area contributed by atoms with Crippen molar-refractivity contribution >= 4 is 22.7 Å². The Hall–Kier alpha value is -3.76. The standard InChI is InChI=1S/C29H30N4O3/c1-20-30-27-23(7-6-8-24(27)29(36)33(20)25-15-16-26(34)31-28(25)35)14-13-21-9-11-22(12-10-21)19-32-17-4-2-3-5-18-32/h6-12,25H,2-5,15-19H2,1H3,(H,31,34,35). The number of nitrogens with zero attached hydrogens (tertiary/aromatic N) is 3. The van der Waals surface area contributed by atoms with Crippen molar-refractivity contribution in [2.45, 2.75) is 58.0 Å². The van der Waals surface area contributed by atoms with Gasteiger partial charge in [-0.1, -0.05) is 42.9 Å². The summed E-state index contributed by atoms with van der Waals surface area (Å²) in [5.74, 6) is 6.04. The Labute approximate surface area is 210 Å². The lowest BCUT2D eigenvalue weighted by molar-refractivity contribution is -0.135. The van der Waals surface area contributed by atoms with Crippen LogP contribution in [-0.4, -0.2) is 39.4 Å². The Balaban J connectivity index is 1.40. The molecule has 0 radical (unpaired) electrons. The van der Waals surface area contributed by atoms with Crippen LogP contribution in [0.4, 0.5) is 0 Å². The number of piperidine rings is 1. The molecule has 2 fully saturated rings. The number of para-hydroxylation sites is 1. The molecule has 3 aromatic rings. The summed E-state index contributed by atoms with van der Waals surface area (Å²) < 4.78 is 1.39. The first-order chi connectivity index (χ1) is 17.5. The summed E-state index contributed by atoms with van der Waals surface area (Å²) >= 11 is 0. The zero-order chi connectivity index (χ0) is 25.1. The fourth-order valence-electron chi connectivity index (χ4n) is 5.11. The van der Waals surface area contributed by atoms with Crippen molar-refractivity contribution in [3.05, 3.63) is 75.3 Å². The maximum atomic E-state index is 13.3. The number of aryl methyl sites for hydroxylation is 1. The number of carbonyl (C=O) groups excluding carboxylic acids is 2. The molecule has 2 aliphatic rings. The highest BCUT2D eigenvalue weighted by atomic mass is 16.2. The van der Waals surface area contributed by atoms with Crippen LogP contribution in [0.3, 0.4) is 0 Å². The van der Waals surface area contributed by atoms with Crippen molar-refractivity contribution in [2.75, 3.05) is 13.1 Å². The molecule has 184 valence electrons. The van der Waals surface area contributed by atoms with Gasteiger partial charge in [0.1, 0.15) is 11.9 Å². The minimum Gasteiger partial charge on any atom is -0.299 e. The lowest BCUT2D eigenvalue weighted by Crippen LogP contribution is -2.45. The van der Waals surface area contributed by atoms with Crippen LogP contribution in [0, 0.1) is 18.8 Å². The highest BCUT2D eigenvalue weighted by Crippen LogP contribution is 2.21. The van der Waals surface area contributed by atoms with E-state index in [0.717, 1.165) is 12.1 Å². The molecule has 1 atom stereocenters. The first-order valence-corrected chi connectivity index (χ1v) is 12.7. The molecule has 0 spiro atoms. The van der Waals surface area contributed by atoms with Crippen molar-refractivity contribution in [1.82, 2.24) is 19.8 Å². The molecular weight excluding hydrogens is 452 g/mol. The van der Waals surface area contributed by atoms with Gasteiger partial charge in [-0.2, -0.15) is 0 Å². The third-order valence-corrected chi connectivity index (χ3v) is 7.03. The van der Waals surface area contributed by atoms with Crippen LogP contribution in [-0.2, 0) is 16.1 Å². The van der Waals surface area contributed by atoms with Gasteiger partial charge < -0.3 is 0 Å². The van der Waals surface area contributed by atoms with Gasteiger partial charge in [0.05, 0.1) is 16.5 Å². The number of rotatable bonds is 3. The summed E-state index contributed by atoms with van der Waals surface area (Å²) in [6, 6.07) is 13.0. The number of hydrogen-bond acceptors (Lipinski definition) is 5. The van der Waals surface area contributed by atoms with E-state index < -0.39 is 11.9 Å². The van der Waals surface area contributed by atoms with E-state index in [4.69, 9.17) is 0 Å². The zero-order valence-electron chi connectivity index (χ0n) is 20.5. The molecular formula is C29H30N4O3. The van der Waals surface area contributed by atoms with E-state index in [0.29, 0.717) is 22.3 Å². The molecule has 1 N–H and O–H groups in total. The molecule has 2 aliphatic heterocycles. The predicted molar refractivity (Wildman–Crippen MR) is 138 cm³/mol. The van der Waals surface area contributed by atoms with Crippen LogP contribution in [0.15, 0.2) is 47.3 Å². The number of benzene rings is 2. The minimum absolute atomic E-state index is 0.197. The van der Waals surface area contributed by atoms with Crippen LogP contribution in [0.5, 0.6) is 0 Å². The molecule has 0 bridgehead atoms. The number of carbonyl (C=O) groups is 2. The van der Waals surface area contributed by atoms with Gasteiger partial charge in [0.2, 0.25) is 11.8 Å². The molecule has 1 unspecified atom stereocenters. The summed E-state index contributed by atoms with van der Waals surface area (Å²) in [7, 11) is 0. The van der Waals surface area contributed by atoms with E-state index in [1.807, 2.05) is 18.2 Å². The van der Waals surface area contributed by atoms with E-state index in [2.05, 4.69) is 39.2 Å². The highest BCUT2D eigenvalue weighted by Gasteiger charge is 2.30. The van der Waals surface area contributed by atoms with Crippen LogP contribution >= 0.6 is 0 Å². The third kappa shape index (κ3) is 5.09. The molecule has 2 saturated heterocycles. The van der Waals surface area contributed by atoms with Gasteiger partial charge in [0.15, 0.2) is 0 Å². The Bertz CT molecular complexity index is 1420. The average molecular weight is 483 g/mol. The summed E-state index contributed by atoms with van der Waals surface area (Å²) in [5.41, 5.74) is 3.08. The Morgan fingerprint density at radius 1 is 0.972 bits per heavy atom. The van der Waals surface area contributed by atoms with Gasteiger partial charge in [-0.05, 0) is 69.1 Å². The maximum absolute atomic E-state index is 13.3. The van der Waals surface area contributed by atoms with Gasteiger partial charge in [0.25, 0.3) is 5.56 Å². The number of aromatic nitrogens is 2. The fourth-order valence-corrected chi connectivity index (χ4v) is 5.11. The predicted octanol–water partition coefficient (Wildman–Crippen LogP) is 3.46. The molecule has 2 aromatic carbocycles. The van der Waals surface area contributed by atoms with Crippen molar-refractivity contribution in [3.8, 4) is 11.8 Å². The SMILES string of the molecule is Cc1nc2c(C#Cc3ccc(CN4CCCCCC4)cc3)cccc2c(=O)n1C1CCC(=O)NC1=O. The zero-order valence-corrected chi connectivity index (χ0v) is 20.5. The van der Waals surface area contributed by atoms with E-state index in [9.17, 15) is 14.4 Å². The normalized spacial score (nSPS) is 18.9. The minimum atomic E-state index is -0.741. The van der Waals surface area contributed by atoms with Crippen LogP contribution in [0.1, 0.15) is 67.1 Å². The highest BCUT2D eigenvalue weighted by molar-refractivity contribution is 5.99. The molecule has 1 aromatic heterocycles. The van der Waals surface area contributed by atoms with E-state index in [1.54, 1.807) is 19.1 Å². The number of imide groups is 1. The molecule has 7 nitrogen and oxygen atoms in total. The van der Waals surface area contributed by atoms with Crippen LogP contribution in [0.2, 0.25) is 0 Å². The fraction of sp³-hybridized carbons (Fsp3) is 0.379. The molecule has 5 rings (SSSR count).